The minimum Gasteiger partial charge on any atom is -0.469 e. The summed E-state index contributed by atoms with van der Waals surface area (Å²) in [5.74, 6) is -3.33. The van der Waals surface area contributed by atoms with Crippen LogP contribution < -0.4 is 0 Å². The van der Waals surface area contributed by atoms with Gasteiger partial charge in [0.2, 0.25) is 0 Å². The van der Waals surface area contributed by atoms with Gasteiger partial charge in [0.1, 0.15) is 0 Å². The predicted molar refractivity (Wildman–Crippen MR) is 86.9 cm³/mol. The van der Waals surface area contributed by atoms with Gasteiger partial charge >= 0.3 is 17.9 Å². The summed E-state index contributed by atoms with van der Waals surface area (Å²) in [6.45, 7) is 1.29. The van der Waals surface area contributed by atoms with Crippen LogP contribution in [0.5, 0.6) is 0 Å². The van der Waals surface area contributed by atoms with E-state index in [4.69, 9.17) is 9.47 Å². The number of hydrogen-bond acceptors (Lipinski definition) is 6. The molecular weight excluding hydrogens is 324 g/mol. The van der Waals surface area contributed by atoms with Crippen LogP contribution in [0, 0.1) is 23.7 Å². The van der Waals surface area contributed by atoms with Gasteiger partial charge in [0, 0.05) is 0 Å². The van der Waals surface area contributed by atoms with Crippen molar-refractivity contribution in [3.8, 4) is 0 Å². The number of benzene rings is 1. The third-order valence-corrected chi connectivity index (χ3v) is 5.59. The van der Waals surface area contributed by atoms with Gasteiger partial charge in [0.05, 0.1) is 18.9 Å². The molecular formula is C19H22O6. The molecule has 1 aromatic rings. The molecule has 0 aromatic heterocycles. The first-order valence-corrected chi connectivity index (χ1v) is 8.48. The molecule has 0 amide bonds. The van der Waals surface area contributed by atoms with E-state index in [1.54, 1.807) is 30.3 Å². The predicted octanol–water partition coefficient (Wildman–Crippen LogP) is 1.80. The molecule has 0 unspecified atom stereocenters. The lowest BCUT2D eigenvalue weighted by Gasteiger charge is -2.28. The van der Waals surface area contributed by atoms with Crippen LogP contribution in [-0.2, 0) is 29.5 Å². The molecule has 0 spiro atoms. The molecule has 2 saturated carbocycles. The molecule has 0 heterocycles. The summed E-state index contributed by atoms with van der Waals surface area (Å²) < 4.78 is 9.82. The van der Waals surface area contributed by atoms with Gasteiger partial charge in [-0.25, -0.2) is 4.79 Å². The number of carbonyl (C=O) groups excluding carboxylic acids is 3. The lowest BCUT2D eigenvalue weighted by atomic mass is 9.79. The van der Waals surface area contributed by atoms with Gasteiger partial charge in [0.15, 0.2) is 5.60 Å². The van der Waals surface area contributed by atoms with Crippen LogP contribution in [0.25, 0.3) is 0 Å². The second-order valence-electron chi connectivity index (χ2n) is 7.05. The van der Waals surface area contributed by atoms with E-state index < -0.39 is 35.3 Å². The minimum absolute atomic E-state index is 0.0241. The Morgan fingerprint density at radius 3 is 2.16 bits per heavy atom. The van der Waals surface area contributed by atoms with Crippen molar-refractivity contribution < 1.29 is 29.0 Å². The van der Waals surface area contributed by atoms with E-state index in [0.717, 1.165) is 19.3 Å². The summed E-state index contributed by atoms with van der Waals surface area (Å²) in [4.78, 5) is 37.0. The molecule has 2 aliphatic rings. The number of rotatable bonds is 4. The smallest absolute Gasteiger partial charge is 0.350 e. The number of fused-ring (bicyclic) bond motifs is 2. The molecule has 2 fully saturated rings. The topological polar surface area (TPSA) is 89.9 Å². The van der Waals surface area contributed by atoms with Crippen molar-refractivity contribution in [2.75, 3.05) is 7.11 Å². The number of hydrogen-bond donors (Lipinski definition) is 1. The third kappa shape index (κ3) is 3.06. The van der Waals surface area contributed by atoms with Gasteiger partial charge in [-0.05, 0) is 43.6 Å². The first-order valence-electron chi connectivity index (χ1n) is 8.48. The quantitative estimate of drug-likeness (QED) is 0.660. The summed E-state index contributed by atoms with van der Waals surface area (Å²) in [6.07, 6.45) is 2.48. The van der Waals surface area contributed by atoms with Gasteiger partial charge in [0.25, 0.3) is 0 Å². The summed E-state index contributed by atoms with van der Waals surface area (Å²) in [6, 6.07) is 8.29. The Morgan fingerprint density at radius 1 is 1.04 bits per heavy atom. The molecule has 1 aromatic carbocycles. The van der Waals surface area contributed by atoms with E-state index >= 15 is 0 Å². The van der Waals surface area contributed by atoms with Crippen LogP contribution in [0.15, 0.2) is 30.3 Å². The van der Waals surface area contributed by atoms with E-state index in [9.17, 15) is 19.5 Å². The summed E-state index contributed by atoms with van der Waals surface area (Å²) in [5.41, 5.74) is -1.60. The summed E-state index contributed by atoms with van der Waals surface area (Å²) >= 11 is 0. The Hall–Kier alpha value is -2.21. The Labute approximate surface area is 146 Å². The third-order valence-electron chi connectivity index (χ3n) is 5.59. The standard InChI is InChI=1S/C19H22O6/c1-19(23,13-6-4-3-5-7-13)18(22)25-17(21)15-12-9-8-11(10-12)14(15)16(20)24-2/h3-7,11-12,14-15,23H,8-10H2,1-2H3/t11-,12+,14-,15+,19+/m1/s1. The fourth-order valence-electron chi connectivity index (χ4n) is 4.25. The maximum Gasteiger partial charge on any atom is 0.350 e. The molecule has 0 radical (unpaired) electrons. The maximum atomic E-state index is 12.6. The number of ether oxygens (including phenoxy) is 2. The van der Waals surface area contributed by atoms with E-state index in [1.165, 1.54) is 14.0 Å². The van der Waals surface area contributed by atoms with Crippen molar-refractivity contribution in [1.29, 1.82) is 0 Å². The maximum absolute atomic E-state index is 12.6. The molecule has 2 aliphatic carbocycles. The first kappa shape index (κ1) is 17.6. The monoisotopic (exact) mass is 346 g/mol. The van der Waals surface area contributed by atoms with Crippen LogP contribution in [0.2, 0.25) is 0 Å². The second kappa shape index (κ2) is 6.59. The average molecular weight is 346 g/mol. The van der Waals surface area contributed by atoms with E-state index in [-0.39, 0.29) is 11.8 Å². The molecule has 0 aliphatic heterocycles. The lowest BCUT2D eigenvalue weighted by Crippen LogP contribution is -2.41. The van der Waals surface area contributed by atoms with Crippen molar-refractivity contribution in [3.63, 3.8) is 0 Å². The van der Waals surface area contributed by atoms with Gasteiger partial charge < -0.3 is 14.6 Å². The number of methoxy groups -OCH3 is 1. The van der Waals surface area contributed by atoms with Crippen molar-refractivity contribution in [3.05, 3.63) is 35.9 Å². The molecule has 6 nitrogen and oxygen atoms in total. The Morgan fingerprint density at radius 2 is 1.60 bits per heavy atom. The van der Waals surface area contributed by atoms with Gasteiger partial charge in [-0.1, -0.05) is 30.3 Å². The molecule has 6 heteroatoms. The molecule has 5 atom stereocenters. The zero-order chi connectivity index (χ0) is 18.2. The molecule has 134 valence electrons. The second-order valence-corrected chi connectivity index (χ2v) is 7.05. The number of esters is 3. The van der Waals surface area contributed by atoms with Crippen molar-refractivity contribution in [1.82, 2.24) is 0 Å². The molecule has 3 rings (SSSR count). The van der Waals surface area contributed by atoms with Crippen molar-refractivity contribution in [2.45, 2.75) is 31.8 Å². The van der Waals surface area contributed by atoms with Crippen LogP contribution in [-0.4, -0.2) is 30.1 Å². The SMILES string of the molecule is COC(=O)[C@@H]1[C@@H]2CC[C@@H](C2)[C@@H]1C(=O)OC(=O)[C@@](C)(O)c1ccccc1. The Balaban J connectivity index is 1.75. The fourth-order valence-corrected chi connectivity index (χ4v) is 4.25. The van der Waals surface area contributed by atoms with E-state index in [0.29, 0.717) is 5.56 Å². The van der Waals surface area contributed by atoms with Gasteiger partial charge in [-0.15, -0.1) is 0 Å². The van der Waals surface area contributed by atoms with Crippen molar-refractivity contribution >= 4 is 17.9 Å². The zero-order valence-electron chi connectivity index (χ0n) is 14.3. The van der Waals surface area contributed by atoms with Crippen LogP contribution in [0.4, 0.5) is 0 Å². The summed E-state index contributed by atoms with van der Waals surface area (Å²) in [7, 11) is 1.29. The highest BCUT2D eigenvalue weighted by Gasteiger charge is 2.56. The number of carbonyl (C=O) groups is 3. The van der Waals surface area contributed by atoms with Gasteiger partial charge in [-0.3, -0.25) is 9.59 Å². The zero-order valence-corrected chi connectivity index (χ0v) is 14.3. The highest BCUT2D eigenvalue weighted by atomic mass is 16.6. The van der Waals surface area contributed by atoms with E-state index in [2.05, 4.69) is 0 Å². The average Bonchev–Trinajstić information content (AvgIpc) is 3.22. The molecule has 25 heavy (non-hydrogen) atoms. The molecule has 2 bridgehead atoms. The first-order chi connectivity index (χ1) is 11.9. The normalized spacial score (nSPS) is 29.7. The number of aliphatic hydroxyl groups is 1. The highest BCUT2D eigenvalue weighted by Crippen LogP contribution is 2.53. The molecule has 0 saturated heterocycles. The van der Waals surface area contributed by atoms with Gasteiger partial charge in [-0.2, -0.15) is 0 Å². The summed E-state index contributed by atoms with van der Waals surface area (Å²) in [5, 5.41) is 10.5. The molecule has 1 N–H and O–H groups in total. The van der Waals surface area contributed by atoms with Crippen LogP contribution in [0.1, 0.15) is 31.7 Å². The highest BCUT2D eigenvalue weighted by molar-refractivity contribution is 5.94. The van der Waals surface area contributed by atoms with Crippen molar-refractivity contribution in [2.24, 2.45) is 23.7 Å². The fraction of sp³-hybridized carbons (Fsp3) is 0.526. The largest absolute Gasteiger partial charge is 0.469 e. The minimum atomic E-state index is -1.94. The lowest BCUT2D eigenvalue weighted by molar-refractivity contribution is -0.180. The van der Waals surface area contributed by atoms with Crippen LogP contribution >= 0.6 is 0 Å². The van der Waals surface area contributed by atoms with E-state index in [1.807, 2.05) is 0 Å². The van der Waals surface area contributed by atoms with Crippen LogP contribution in [0.3, 0.4) is 0 Å². The Bertz CT molecular complexity index is 680. The Kier molecular flexibility index (Phi) is 4.64.